The molecular formula is C21H47NO5P2. The summed E-state index contributed by atoms with van der Waals surface area (Å²) in [5.41, 5.74) is -1.19. The highest BCUT2D eigenvalue weighted by Crippen LogP contribution is 2.46. The van der Waals surface area contributed by atoms with E-state index in [0.717, 1.165) is 0 Å². The van der Waals surface area contributed by atoms with Gasteiger partial charge in [0.05, 0.1) is 6.10 Å². The van der Waals surface area contributed by atoms with Gasteiger partial charge >= 0.3 is 0 Å². The van der Waals surface area contributed by atoms with Crippen molar-refractivity contribution in [2.75, 3.05) is 26.4 Å². The smallest absolute Gasteiger partial charge is 0.182 e. The summed E-state index contributed by atoms with van der Waals surface area (Å²) in [5, 5.41) is 0. The normalized spacial score (nSPS) is 17.3. The fourth-order valence-electron chi connectivity index (χ4n) is 3.69. The molecule has 0 aromatic carbocycles. The van der Waals surface area contributed by atoms with Crippen LogP contribution in [0.5, 0.6) is 0 Å². The molecule has 5 atom stereocenters. The maximum atomic E-state index is 6.20. The third kappa shape index (κ3) is 11.2. The van der Waals surface area contributed by atoms with E-state index in [-0.39, 0.29) is 23.9 Å². The lowest BCUT2D eigenvalue weighted by molar-refractivity contribution is -0.159. The van der Waals surface area contributed by atoms with Crippen molar-refractivity contribution in [2.45, 2.75) is 111 Å². The number of hydrogen-bond donors (Lipinski definition) is 0. The Morgan fingerprint density at radius 1 is 0.655 bits per heavy atom. The summed E-state index contributed by atoms with van der Waals surface area (Å²) >= 11 is 0. The summed E-state index contributed by atoms with van der Waals surface area (Å²) in [7, 11) is 0.878. The third-order valence-corrected chi connectivity index (χ3v) is 7.46. The first-order chi connectivity index (χ1) is 13.5. The van der Waals surface area contributed by atoms with Crippen molar-refractivity contribution in [1.29, 1.82) is 0 Å². The molecule has 0 bridgehead atoms. The van der Waals surface area contributed by atoms with Crippen LogP contribution < -0.4 is 0 Å². The van der Waals surface area contributed by atoms with Gasteiger partial charge in [-0.25, -0.2) is 0 Å². The molecule has 0 aromatic heterocycles. The summed E-state index contributed by atoms with van der Waals surface area (Å²) < 4.78 is 30.1. The van der Waals surface area contributed by atoms with Gasteiger partial charge in [0.2, 0.25) is 0 Å². The van der Waals surface area contributed by atoms with E-state index in [0.29, 0.717) is 43.6 Å². The Bertz CT molecular complexity index is 386. The molecule has 0 aromatic rings. The van der Waals surface area contributed by atoms with Crippen molar-refractivity contribution in [3.63, 3.8) is 0 Å². The number of hydrogen-bond acceptors (Lipinski definition) is 6. The molecule has 0 saturated heterocycles. The number of rotatable bonds is 17. The lowest BCUT2D eigenvalue weighted by Crippen LogP contribution is -2.48. The molecule has 0 heterocycles. The molecular weight excluding hydrogens is 408 g/mol. The minimum Gasteiger partial charge on any atom is -0.361 e. The first kappa shape index (κ1) is 29.6. The molecule has 6 nitrogen and oxygen atoms in total. The van der Waals surface area contributed by atoms with Crippen molar-refractivity contribution in [3.8, 4) is 0 Å². The van der Waals surface area contributed by atoms with Crippen LogP contribution in [0.3, 0.4) is 0 Å². The summed E-state index contributed by atoms with van der Waals surface area (Å²) in [5.74, 6) is 0.420. The quantitative estimate of drug-likeness (QED) is 0.210. The summed E-state index contributed by atoms with van der Waals surface area (Å²) in [6.07, 6.45) is 0.105. The molecule has 0 rings (SSSR count). The molecule has 0 saturated carbocycles. The van der Waals surface area contributed by atoms with Crippen molar-refractivity contribution in [1.82, 2.24) is 4.90 Å². The second-order valence-corrected chi connectivity index (χ2v) is 11.6. The van der Waals surface area contributed by atoms with Crippen LogP contribution in [-0.2, 0) is 23.7 Å². The molecule has 176 valence electrons. The monoisotopic (exact) mass is 455 g/mol. The second kappa shape index (κ2) is 14.6. The lowest BCUT2D eigenvalue weighted by atomic mass is 10.4. The van der Waals surface area contributed by atoms with Gasteiger partial charge in [0.15, 0.2) is 11.1 Å². The number of ether oxygens (including phenoxy) is 5. The fourth-order valence-corrected chi connectivity index (χ4v) is 7.43. The van der Waals surface area contributed by atoms with Crippen molar-refractivity contribution in [3.05, 3.63) is 0 Å². The number of nitrogens with zero attached hydrogens (tertiary/aromatic N) is 1. The third-order valence-electron chi connectivity index (χ3n) is 4.40. The molecule has 8 heteroatoms. The molecule has 0 amide bonds. The molecule has 0 radical (unpaired) electrons. The molecule has 0 aliphatic carbocycles. The summed E-state index contributed by atoms with van der Waals surface area (Å²) in [6.45, 7) is 25.3. The predicted molar refractivity (Wildman–Crippen MR) is 126 cm³/mol. The van der Waals surface area contributed by atoms with E-state index in [2.05, 4.69) is 39.5 Å². The maximum Gasteiger partial charge on any atom is 0.182 e. The predicted octanol–water partition coefficient (Wildman–Crippen LogP) is 5.60. The van der Waals surface area contributed by atoms with Crippen LogP contribution in [0, 0.1) is 0 Å². The highest BCUT2D eigenvalue weighted by atomic mass is 31.1. The van der Waals surface area contributed by atoms with Crippen LogP contribution in [0.25, 0.3) is 0 Å². The van der Waals surface area contributed by atoms with Crippen LogP contribution >= 0.6 is 17.2 Å². The average molecular weight is 456 g/mol. The van der Waals surface area contributed by atoms with Gasteiger partial charge in [-0.15, -0.1) is 0 Å². The van der Waals surface area contributed by atoms with E-state index in [1.54, 1.807) is 0 Å². The molecule has 0 aliphatic heterocycles. The zero-order chi connectivity index (χ0) is 22.7. The SMILES string of the molecule is CCOC(C)(OCC)PC(C)N(C(C)OC(C)C)C(C)PC(C)(OCC)OCC. The average Bonchev–Trinajstić information content (AvgIpc) is 2.54. The first-order valence-corrected chi connectivity index (χ1v) is 13.2. The van der Waals surface area contributed by atoms with Crippen molar-refractivity contribution in [2.24, 2.45) is 0 Å². The first-order valence-electron chi connectivity index (χ1n) is 11.0. The van der Waals surface area contributed by atoms with Gasteiger partial charge in [0.25, 0.3) is 0 Å². The van der Waals surface area contributed by atoms with Crippen LogP contribution in [0.4, 0.5) is 0 Å². The molecule has 0 N–H and O–H groups in total. The molecule has 29 heavy (non-hydrogen) atoms. The van der Waals surface area contributed by atoms with Crippen molar-refractivity contribution >= 4 is 17.2 Å². The highest BCUT2D eigenvalue weighted by Gasteiger charge is 2.37. The largest absolute Gasteiger partial charge is 0.361 e. The minimum atomic E-state index is -0.593. The molecule has 0 fully saturated rings. The van der Waals surface area contributed by atoms with Crippen LogP contribution in [0.2, 0.25) is 0 Å². The lowest BCUT2D eigenvalue weighted by Gasteiger charge is -2.44. The minimum absolute atomic E-state index is 0.0417. The van der Waals surface area contributed by atoms with E-state index in [9.17, 15) is 0 Å². The van der Waals surface area contributed by atoms with E-state index in [4.69, 9.17) is 23.7 Å². The van der Waals surface area contributed by atoms with E-state index >= 15 is 0 Å². The van der Waals surface area contributed by atoms with Gasteiger partial charge in [-0.1, -0.05) is 0 Å². The highest BCUT2D eigenvalue weighted by molar-refractivity contribution is 7.41. The van der Waals surface area contributed by atoms with Gasteiger partial charge < -0.3 is 23.7 Å². The molecule has 5 unspecified atom stereocenters. The maximum absolute atomic E-state index is 6.20. The Labute approximate surface area is 183 Å². The molecule has 0 spiro atoms. The van der Waals surface area contributed by atoms with Gasteiger partial charge in [-0.3, -0.25) is 4.90 Å². The zero-order valence-corrected chi connectivity index (χ0v) is 22.6. The Hall–Kier alpha value is 0.620. The van der Waals surface area contributed by atoms with Crippen LogP contribution in [0.1, 0.15) is 76.2 Å². The van der Waals surface area contributed by atoms with Crippen LogP contribution in [-0.4, -0.2) is 66.3 Å². The van der Waals surface area contributed by atoms with Gasteiger partial charge in [0.1, 0.15) is 6.23 Å². The summed E-state index contributed by atoms with van der Waals surface area (Å²) in [6, 6.07) is 0. The summed E-state index contributed by atoms with van der Waals surface area (Å²) in [4.78, 5) is 2.42. The fraction of sp³-hybridized carbons (Fsp3) is 1.00. The van der Waals surface area contributed by atoms with Crippen LogP contribution in [0.15, 0.2) is 0 Å². The van der Waals surface area contributed by atoms with Gasteiger partial charge in [0, 0.05) is 38.0 Å². The standard InChI is InChI=1S/C21H47NO5P2/c1-12-23-20(10,24-13-2)28-18(8)22(17(7)27-16(5)6)19(9)29-21(11,25-14-3)26-15-4/h16-19,28-29H,12-15H2,1-11H3. The van der Waals surface area contributed by atoms with Crippen molar-refractivity contribution < 1.29 is 23.7 Å². The Morgan fingerprint density at radius 3 is 1.21 bits per heavy atom. The Balaban J connectivity index is 5.60. The second-order valence-electron chi connectivity index (χ2n) is 7.50. The van der Waals surface area contributed by atoms with Gasteiger partial charge in [-0.05, 0) is 93.3 Å². The van der Waals surface area contributed by atoms with E-state index in [1.165, 1.54) is 0 Å². The van der Waals surface area contributed by atoms with E-state index < -0.39 is 11.1 Å². The topological polar surface area (TPSA) is 49.4 Å². The molecule has 0 aliphatic rings. The van der Waals surface area contributed by atoms with Gasteiger partial charge in [-0.2, -0.15) is 0 Å². The Morgan fingerprint density at radius 2 is 0.966 bits per heavy atom. The zero-order valence-electron chi connectivity index (χ0n) is 20.6. The Kier molecular flexibility index (Phi) is 15.0. The van der Waals surface area contributed by atoms with E-state index in [1.807, 2.05) is 41.5 Å².